The summed E-state index contributed by atoms with van der Waals surface area (Å²) in [4.78, 5) is 28.7. The normalized spacial score (nSPS) is 11.9. The molecule has 3 aromatic rings. The Labute approximate surface area is 249 Å². The highest BCUT2D eigenvalue weighted by Gasteiger charge is 2.34. The highest BCUT2D eigenvalue weighted by atomic mass is 32.2. The molecule has 3 aromatic carbocycles. The second-order valence-electron chi connectivity index (χ2n) is 10.2. The van der Waals surface area contributed by atoms with Crippen LogP contribution in [-0.4, -0.2) is 58.5 Å². The SMILES string of the molecule is CCCCNC(=O)[C@@H](C)N(Cc1cccc(OC)c1)C(=O)CN(c1cc(C)ccc1OC)S(=O)(=O)c1ccc(C)cc1. The highest BCUT2D eigenvalue weighted by molar-refractivity contribution is 7.92. The van der Waals surface area contributed by atoms with Crippen molar-refractivity contribution in [1.29, 1.82) is 0 Å². The van der Waals surface area contributed by atoms with Gasteiger partial charge in [0.25, 0.3) is 10.0 Å². The van der Waals surface area contributed by atoms with Crippen LogP contribution >= 0.6 is 0 Å². The molecule has 0 unspecified atom stereocenters. The van der Waals surface area contributed by atoms with Crippen molar-refractivity contribution in [3.63, 3.8) is 0 Å². The number of nitrogens with one attached hydrogen (secondary N) is 1. The zero-order valence-corrected chi connectivity index (χ0v) is 26.0. The number of nitrogens with zero attached hydrogens (tertiary/aromatic N) is 2. The smallest absolute Gasteiger partial charge is 0.264 e. The molecule has 9 nitrogen and oxygen atoms in total. The average molecular weight is 596 g/mol. The van der Waals surface area contributed by atoms with Gasteiger partial charge in [-0.15, -0.1) is 0 Å². The van der Waals surface area contributed by atoms with E-state index in [0.29, 0.717) is 18.0 Å². The molecule has 0 fully saturated rings. The third-order valence-electron chi connectivity index (χ3n) is 6.97. The van der Waals surface area contributed by atoms with Gasteiger partial charge in [0.05, 0.1) is 24.8 Å². The van der Waals surface area contributed by atoms with Crippen molar-refractivity contribution in [2.45, 2.75) is 58.0 Å². The van der Waals surface area contributed by atoms with Crippen LogP contribution < -0.4 is 19.1 Å². The summed E-state index contributed by atoms with van der Waals surface area (Å²) < 4.78 is 40.1. The van der Waals surface area contributed by atoms with Crippen LogP contribution in [-0.2, 0) is 26.2 Å². The molecule has 0 heterocycles. The average Bonchev–Trinajstić information content (AvgIpc) is 2.98. The van der Waals surface area contributed by atoms with Gasteiger partial charge in [-0.25, -0.2) is 8.42 Å². The summed E-state index contributed by atoms with van der Waals surface area (Å²) in [5.41, 5.74) is 2.65. The van der Waals surface area contributed by atoms with Gasteiger partial charge in [-0.05, 0) is 74.7 Å². The largest absolute Gasteiger partial charge is 0.497 e. The highest BCUT2D eigenvalue weighted by Crippen LogP contribution is 2.34. The van der Waals surface area contributed by atoms with Crippen LogP contribution in [0.1, 0.15) is 43.4 Å². The number of aryl methyl sites for hydroxylation is 2. The first-order valence-electron chi connectivity index (χ1n) is 14.0. The number of unbranched alkanes of at least 4 members (excludes halogenated alkanes) is 1. The lowest BCUT2D eigenvalue weighted by atomic mass is 10.1. The van der Waals surface area contributed by atoms with Gasteiger partial charge in [-0.2, -0.15) is 0 Å². The summed E-state index contributed by atoms with van der Waals surface area (Å²) in [6, 6.07) is 17.9. The van der Waals surface area contributed by atoms with E-state index in [4.69, 9.17) is 9.47 Å². The quantitative estimate of drug-likeness (QED) is 0.267. The van der Waals surface area contributed by atoms with Gasteiger partial charge < -0.3 is 19.7 Å². The van der Waals surface area contributed by atoms with Crippen LogP contribution in [0.5, 0.6) is 11.5 Å². The van der Waals surface area contributed by atoms with Crippen LogP contribution in [0.4, 0.5) is 5.69 Å². The molecule has 0 saturated heterocycles. The molecular weight excluding hydrogens is 554 g/mol. The Morgan fingerprint density at radius 2 is 1.62 bits per heavy atom. The van der Waals surface area contributed by atoms with Crippen LogP contribution in [0.25, 0.3) is 0 Å². The van der Waals surface area contributed by atoms with Gasteiger partial charge in [0, 0.05) is 13.1 Å². The number of amides is 2. The van der Waals surface area contributed by atoms with E-state index in [-0.39, 0.29) is 23.0 Å². The molecule has 0 radical (unpaired) electrons. The molecule has 10 heteroatoms. The summed E-state index contributed by atoms with van der Waals surface area (Å²) in [5, 5.41) is 2.89. The lowest BCUT2D eigenvalue weighted by Crippen LogP contribution is -2.51. The number of anilines is 1. The Hall–Kier alpha value is -4.05. The van der Waals surface area contributed by atoms with E-state index >= 15 is 0 Å². The first-order valence-corrected chi connectivity index (χ1v) is 15.4. The molecule has 0 bridgehead atoms. The Morgan fingerprint density at radius 3 is 2.26 bits per heavy atom. The van der Waals surface area contributed by atoms with E-state index in [0.717, 1.165) is 33.8 Å². The van der Waals surface area contributed by atoms with Gasteiger partial charge in [0.1, 0.15) is 24.1 Å². The van der Waals surface area contributed by atoms with Crippen LogP contribution in [0.15, 0.2) is 71.6 Å². The van der Waals surface area contributed by atoms with E-state index in [1.54, 1.807) is 62.6 Å². The standard InChI is InChI=1S/C32H41N3O6S/c1-7-8-18-33-32(37)25(4)34(21-26-10-9-11-27(20-26)40-5)31(36)22-35(29-19-24(3)14-17-30(29)41-6)42(38,39)28-15-12-23(2)13-16-28/h9-17,19-20,25H,7-8,18,21-22H2,1-6H3,(H,33,37)/t25-/m1/s1. The maximum absolute atomic E-state index is 14.1. The third kappa shape index (κ3) is 8.03. The van der Waals surface area contributed by atoms with Gasteiger partial charge in [-0.3, -0.25) is 13.9 Å². The van der Waals surface area contributed by atoms with Crippen molar-refractivity contribution in [1.82, 2.24) is 10.2 Å². The number of ether oxygens (including phenoxy) is 2. The van der Waals surface area contributed by atoms with Gasteiger partial charge in [0.15, 0.2) is 0 Å². The molecule has 42 heavy (non-hydrogen) atoms. The molecular formula is C32H41N3O6S. The number of rotatable bonds is 14. The first-order chi connectivity index (χ1) is 20.0. The number of sulfonamides is 1. The van der Waals surface area contributed by atoms with Crippen molar-refractivity contribution in [2.24, 2.45) is 0 Å². The number of hydrogen-bond acceptors (Lipinski definition) is 6. The minimum Gasteiger partial charge on any atom is -0.497 e. The molecule has 3 rings (SSSR count). The predicted molar refractivity (Wildman–Crippen MR) is 164 cm³/mol. The van der Waals surface area contributed by atoms with Crippen molar-refractivity contribution >= 4 is 27.5 Å². The van der Waals surface area contributed by atoms with Gasteiger partial charge in [0.2, 0.25) is 11.8 Å². The Morgan fingerprint density at radius 1 is 0.929 bits per heavy atom. The summed E-state index contributed by atoms with van der Waals surface area (Å²) in [6.45, 7) is 7.37. The molecule has 0 aliphatic rings. The van der Waals surface area contributed by atoms with E-state index in [1.807, 2.05) is 26.8 Å². The minimum atomic E-state index is -4.21. The molecule has 1 N–H and O–H groups in total. The van der Waals surface area contributed by atoms with E-state index in [9.17, 15) is 18.0 Å². The number of methoxy groups -OCH3 is 2. The molecule has 1 atom stereocenters. The van der Waals surface area contributed by atoms with Crippen molar-refractivity contribution < 1.29 is 27.5 Å². The van der Waals surface area contributed by atoms with E-state index in [2.05, 4.69) is 5.32 Å². The summed E-state index contributed by atoms with van der Waals surface area (Å²) in [6.07, 6.45) is 1.71. The number of carbonyl (C=O) groups is 2. The van der Waals surface area contributed by atoms with Crippen molar-refractivity contribution in [2.75, 3.05) is 31.6 Å². The Balaban J connectivity index is 2.08. The summed E-state index contributed by atoms with van der Waals surface area (Å²) in [5.74, 6) is 0.0396. The van der Waals surface area contributed by atoms with E-state index < -0.39 is 28.5 Å². The topological polar surface area (TPSA) is 105 Å². The van der Waals surface area contributed by atoms with Crippen molar-refractivity contribution in [3.05, 3.63) is 83.4 Å². The summed E-state index contributed by atoms with van der Waals surface area (Å²) in [7, 11) is -1.21. The third-order valence-corrected chi connectivity index (χ3v) is 8.75. The van der Waals surface area contributed by atoms with Crippen LogP contribution in [0.2, 0.25) is 0 Å². The van der Waals surface area contributed by atoms with E-state index in [1.165, 1.54) is 24.1 Å². The maximum Gasteiger partial charge on any atom is 0.264 e. The molecule has 2 amide bonds. The lowest BCUT2D eigenvalue weighted by Gasteiger charge is -2.32. The number of hydrogen-bond donors (Lipinski definition) is 1. The fourth-order valence-electron chi connectivity index (χ4n) is 4.43. The number of benzene rings is 3. The molecule has 0 aromatic heterocycles. The molecule has 0 aliphatic carbocycles. The van der Waals surface area contributed by atoms with Crippen LogP contribution in [0.3, 0.4) is 0 Å². The molecule has 0 spiro atoms. The Bertz CT molecular complexity index is 1470. The maximum atomic E-state index is 14.1. The lowest BCUT2D eigenvalue weighted by molar-refractivity contribution is -0.139. The molecule has 0 aliphatic heterocycles. The zero-order valence-electron chi connectivity index (χ0n) is 25.2. The minimum absolute atomic E-state index is 0.0363. The monoisotopic (exact) mass is 595 g/mol. The second-order valence-corrected chi connectivity index (χ2v) is 12.1. The van der Waals surface area contributed by atoms with Gasteiger partial charge in [-0.1, -0.05) is 49.2 Å². The van der Waals surface area contributed by atoms with Crippen molar-refractivity contribution in [3.8, 4) is 11.5 Å². The first kappa shape index (κ1) is 32.5. The fraction of sp³-hybridized carbons (Fsp3) is 0.375. The zero-order chi connectivity index (χ0) is 30.9. The van der Waals surface area contributed by atoms with Gasteiger partial charge >= 0.3 is 0 Å². The summed E-state index contributed by atoms with van der Waals surface area (Å²) >= 11 is 0. The molecule has 226 valence electrons. The number of carbonyl (C=O) groups excluding carboxylic acids is 2. The molecule has 0 saturated carbocycles. The second kappa shape index (κ2) is 14.7. The Kier molecular flexibility index (Phi) is 11.4. The van der Waals surface area contributed by atoms with Crippen LogP contribution in [0, 0.1) is 13.8 Å². The predicted octanol–water partition coefficient (Wildman–Crippen LogP) is 4.85. The fourth-order valence-corrected chi connectivity index (χ4v) is 5.85.